The van der Waals surface area contributed by atoms with Crippen LogP contribution in [0.2, 0.25) is 0 Å². The summed E-state index contributed by atoms with van der Waals surface area (Å²) in [4.78, 5) is 34.4. The van der Waals surface area contributed by atoms with Gasteiger partial charge in [-0.25, -0.2) is 4.79 Å². The summed E-state index contributed by atoms with van der Waals surface area (Å²) in [5.74, 6) is -1.14. The molecule has 0 aliphatic rings. The monoisotopic (exact) mass is 380 g/mol. The highest BCUT2D eigenvalue weighted by Crippen LogP contribution is 2.15. The first-order valence-corrected chi connectivity index (χ1v) is 7.58. The average Bonchev–Trinajstić information content (AvgIpc) is 3.07. The lowest BCUT2D eigenvalue weighted by atomic mass is 10.1. The summed E-state index contributed by atoms with van der Waals surface area (Å²) in [5.41, 5.74) is 0.345. The minimum absolute atomic E-state index is 0.0842. The molecule has 0 spiro atoms. The Hall–Kier alpha value is -2.41. The van der Waals surface area contributed by atoms with Gasteiger partial charge in [-0.05, 0) is 43.3 Å². The van der Waals surface area contributed by atoms with Crippen molar-refractivity contribution in [2.24, 2.45) is 0 Å². The van der Waals surface area contributed by atoms with Crippen molar-refractivity contribution in [3.8, 4) is 5.75 Å². The van der Waals surface area contributed by atoms with Gasteiger partial charge in [-0.15, -0.1) is 0 Å². The summed E-state index contributed by atoms with van der Waals surface area (Å²) in [6.07, 6.45) is 1.37. The van der Waals surface area contributed by atoms with Crippen LogP contribution in [0.4, 0.5) is 0 Å². The average molecular weight is 381 g/mol. The van der Waals surface area contributed by atoms with Gasteiger partial charge in [0.15, 0.2) is 12.4 Å². The Bertz CT molecular complexity index is 688. The third kappa shape index (κ3) is 4.79. The molecule has 1 heterocycles. The molecular formula is C16H13BrO6. The van der Waals surface area contributed by atoms with E-state index in [0.717, 1.165) is 0 Å². The number of Topliss-reactive ketones (excluding diaryl/α,β-unsaturated/α-hetero) is 1. The third-order valence-corrected chi connectivity index (χ3v) is 3.15. The first-order chi connectivity index (χ1) is 11.0. The van der Waals surface area contributed by atoms with E-state index in [0.29, 0.717) is 5.56 Å². The number of hydrogen-bond donors (Lipinski definition) is 0. The maximum atomic E-state index is 11.9. The van der Waals surface area contributed by atoms with Crippen molar-refractivity contribution in [1.29, 1.82) is 0 Å². The molecule has 0 saturated heterocycles. The maximum Gasteiger partial charge on any atom is 0.379 e. The summed E-state index contributed by atoms with van der Waals surface area (Å²) < 4.78 is 14.8. The number of carbonyl (C=O) groups is 3. The van der Waals surface area contributed by atoms with Crippen LogP contribution in [0, 0.1) is 0 Å². The predicted octanol–water partition coefficient (Wildman–Crippen LogP) is 3.01. The molecule has 7 heteroatoms. The zero-order valence-corrected chi connectivity index (χ0v) is 13.7. The van der Waals surface area contributed by atoms with Crippen molar-refractivity contribution in [3.05, 3.63) is 54.0 Å². The highest BCUT2D eigenvalue weighted by molar-refractivity contribution is 9.10. The number of rotatable bonds is 6. The Kier molecular flexibility index (Phi) is 5.70. The number of furan rings is 1. The lowest BCUT2D eigenvalue weighted by Crippen LogP contribution is -2.19. The summed E-state index contributed by atoms with van der Waals surface area (Å²) in [5, 5.41) is 0. The van der Waals surface area contributed by atoms with Crippen LogP contribution in [0.25, 0.3) is 0 Å². The first kappa shape index (κ1) is 17.0. The van der Waals surface area contributed by atoms with Crippen LogP contribution in [-0.2, 0) is 9.53 Å². The number of carbonyl (C=O) groups excluding carboxylic acids is 3. The number of ether oxygens (including phenoxy) is 2. The van der Waals surface area contributed by atoms with Gasteiger partial charge in [0.05, 0.1) is 6.26 Å². The zero-order chi connectivity index (χ0) is 16.8. The molecule has 2 rings (SSSR count). The molecule has 0 amide bonds. The van der Waals surface area contributed by atoms with Crippen molar-refractivity contribution < 1.29 is 28.3 Å². The van der Waals surface area contributed by atoms with Gasteiger partial charge < -0.3 is 13.9 Å². The lowest BCUT2D eigenvalue weighted by Gasteiger charge is -2.06. The molecular weight excluding hydrogens is 368 g/mol. The molecule has 0 aliphatic heterocycles. The second-order valence-corrected chi connectivity index (χ2v) is 5.91. The van der Waals surface area contributed by atoms with Crippen molar-refractivity contribution in [2.45, 2.75) is 11.8 Å². The molecule has 1 atom stereocenters. The van der Waals surface area contributed by atoms with E-state index < -0.39 is 16.8 Å². The van der Waals surface area contributed by atoms with E-state index in [2.05, 4.69) is 15.9 Å². The van der Waals surface area contributed by atoms with Gasteiger partial charge in [0.1, 0.15) is 10.6 Å². The van der Waals surface area contributed by atoms with Gasteiger partial charge in [-0.3, -0.25) is 9.59 Å². The number of alkyl halides is 1. The van der Waals surface area contributed by atoms with E-state index in [1.165, 1.54) is 36.6 Å². The fraction of sp³-hybridized carbons (Fsp3) is 0.188. The fourth-order valence-electron chi connectivity index (χ4n) is 1.60. The van der Waals surface area contributed by atoms with Gasteiger partial charge in [-0.2, -0.15) is 0 Å². The molecule has 0 radical (unpaired) electrons. The van der Waals surface area contributed by atoms with Crippen LogP contribution < -0.4 is 4.74 Å². The van der Waals surface area contributed by atoms with E-state index >= 15 is 0 Å². The Morgan fingerprint density at radius 1 is 1.17 bits per heavy atom. The Labute approximate surface area is 140 Å². The van der Waals surface area contributed by atoms with Gasteiger partial charge in [-0.1, -0.05) is 15.9 Å². The molecule has 0 bridgehead atoms. The summed E-state index contributed by atoms with van der Waals surface area (Å²) in [7, 11) is 0. The molecule has 0 N–H and O–H groups in total. The number of ketones is 1. The van der Waals surface area contributed by atoms with Gasteiger partial charge in [0.25, 0.3) is 0 Å². The van der Waals surface area contributed by atoms with Gasteiger partial charge in [0.2, 0.25) is 5.76 Å². The molecule has 1 aromatic heterocycles. The Morgan fingerprint density at radius 3 is 2.43 bits per heavy atom. The number of halogens is 1. The minimum Gasteiger partial charge on any atom is -0.457 e. The van der Waals surface area contributed by atoms with Crippen LogP contribution in [0.1, 0.15) is 27.8 Å². The molecule has 0 aliphatic carbocycles. The lowest BCUT2D eigenvalue weighted by molar-refractivity contribution is -0.141. The highest BCUT2D eigenvalue weighted by atomic mass is 79.9. The molecule has 0 fully saturated rings. The quantitative estimate of drug-likeness (QED) is 0.331. The van der Waals surface area contributed by atoms with E-state index in [4.69, 9.17) is 13.9 Å². The van der Waals surface area contributed by atoms with Crippen LogP contribution in [0.5, 0.6) is 5.75 Å². The molecule has 2 aromatic rings. The topological polar surface area (TPSA) is 82.8 Å². The smallest absolute Gasteiger partial charge is 0.379 e. The summed E-state index contributed by atoms with van der Waals surface area (Å²) in [6.45, 7) is 1.26. The second kappa shape index (κ2) is 7.73. The largest absolute Gasteiger partial charge is 0.457 e. The third-order valence-electron chi connectivity index (χ3n) is 2.78. The molecule has 23 heavy (non-hydrogen) atoms. The molecule has 6 nitrogen and oxygen atoms in total. The predicted molar refractivity (Wildman–Crippen MR) is 83.8 cm³/mol. The van der Waals surface area contributed by atoms with Crippen LogP contribution in [0.3, 0.4) is 0 Å². The zero-order valence-electron chi connectivity index (χ0n) is 12.2. The van der Waals surface area contributed by atoms with E-state index in [9.17, 15) is 14.4 Å². The second-order valence-electron chi connectivity index (χ2n) is 4.54. The molecule has 0 unspecified atom stereocenters. The SMILES string of the molecule is C[C@@H](Br)C(=O)OCC(=O)c1ccc(OC(=O)c2ccco2)cc1. The number of esters is 2. The van der Waals surface area contributed by atoms with Crippen molar-refractivity contribution in [1.82, 2.24) is 0 Å². The summed E-state index contributed by atoms with van der Waals surface area (Å²) in [6, 6.07) is 8.98. The van der Waals surface area contributed by atoms with Crippen molar-refractivity contribution in [2.75, 3.05) is 6.61 Å². The maximum absolute atomic E-state index is 11.9. The number of benzene rings is 1. The van der Waals surface area contributed by atoms with Crippen LogP contribution in [-0.4, -0.2) is 29.2 Å². The van der Waals surface area contributed by atoms with Crippen molar-refractivity contribution in [3.63, 3.8) is 0 Å². The summed E-state index contributed by atoms with van der Waals surface area (Å²) >= 11 is 3.05. The van der Waals surface area contributed by atoms with Crippen molar-refractivity contribution >= 4 is 33.7 Å². The van der Waals surface area contributed by atoms with Crippen LogP contribution >= 0.6 is 15.9 Å². The first-order valence-electron chi connectivity index (χ1n) is 6.67. The van der Waals surface area contributed by atoms with Crippen LogP contribution in [0.15, 0.2) is 47.1 Å². The minimum atomic E-state index is -0.630. The Morgan fingerprint density at radius 2 is 1.87 bits per heavy atom. The Balaban J connectivity index is 1.92. The normalized spacial score (nSPS) is 11.6. The van der Waals surface area contributed by atoms with E-state index in [1.54, 1.807) is 13.0 Å². The fourth-order valence-corrected chi connectivity index (χ4v) is 1.73. The molecule has 120 valence electrons. The van der Waals surface area contributed by atoms with E-state index in [-0.39, 0.29) is 23.9 Å². The molecule has 0 saturated carbocycles. The van der Waals surface area contributed by atoms with Gasteiger partial charge in [0, 0.05) is 5.56 Å². The number of hydrogen-bond acceptors (Lipinski definition) is 6. The highest BCUT2D eigenvalue weighted by Gasteiger charge is 2.15. The standard InChI is InChI=1S/C16H13BrO6/c1-10(17)15(19)22-9-13(18)11-4-6-12(7-5-11)23-16(20)14-3-2-8-21-14/h2-8,10H,9H2,1H3/t10-/m1/s1. The van der Waals surface area contributed by atoms with E-state index in [1.807, 2.05) is 0 Å². The van der Waals surface area contributed by atoms with Gasteiger partial charge >= 0.3 is 11.9 Å². The molecule has 1 aromatic carbocycles.